The van der Waals surface area contributed by atoms with Gasteiger partial charge in [0.1, 0.15) is 16.9 Å². The van der Waals surface area contributed by atoms with Crippen LogP contribution in [0.15, 0.2) is 89.5 Å². The van der Waals surface area contributed by atoms with Gasteiger partial charge in [-0.2, -0.15) is 13.2 Å². The summed E-state index contributed by atoms with van der Waals surface area (Å²) in [6.07, 6.45) is -4.31. The molecule has 0 saturated carbocycles. The largest absolute Gasteiger partial charge is 0.422 e. The molecule has 3 amide bonds. The number of anilines is 2. The first-order valence-corrected chi connectivity index (χ1v) is 15.1. The minimum Gasteiger partial charge on any atom is -0.321 e. The summed E-state index contributed by atoms with van der Waals surface area (Å²) in [5.74, 6) is -12.7. The number of rotatable bonds is 10. The highest BCUT2D eigenvalue weighted by molar-refractivity contribution is 8.00. The SMILES string of the molecule is CCC(Sc1cccc(NC(=O)/C(=C\c2ccc(Cl)cc2)NC(=O)c2ccccc2)c1)C(=O)Nc1c(F)c(F)c(C(F)(F)F)c(F)c1F. The Morgan fingerprint density at radius 3 is 2.04 bits per heavy atom. The molecule has 0 fully saturated rings. The number of carbonyl (C=O) groups excluding carboxylic acids is 3. The normalized spacial score (nSPS) is 12.3. The average molecular weight is 710 g/mol. The van der Waals surface area contributed by atoms with Crippen molar-refractivity contribution in [3.05, 3.63) is 130 Å². The van der Waals surface area contributed by atoms with Crippen LogP contribution in [0.5, 0.6) is 0 Å². The highest BCUT2D eigenvalue weighted by Crippen LogP contribution is 2.39. The predicted octanol–water partition coefficient (Wildman–Crippen LogP) is 8.83. The summed E-state index contributed by atoms with van der Waals surface area (Å²) in [4.78, 5) is 39.4. The molecule has 0 saturated heterocycles. The summed E-state index contributed by atoms with van der Waals surface area (Å²) in [6, 6.07) is 20.5. The lowest BCUT2D eigenvalue weighted by atomic mass is 10.1. The van der Waals surface area contributed by atoms with Gasteiger partial charge >= 0.3 is 6.18 Å². The average Bonchev–Trinajstić information content (AvgIpc) is 3.05. The van der Waals surface area contributed by atoms with E-state index in [2.05, 4.69) is 10.6 Å². The maximum Gasteiger partial charge on any atom is 0.422 e. The first kappa shape index (κ1) is 36.0. The summed E-state index contributed by atoms with van der Waals surface area (Å²) in [7, 11) is 0. The fourth-order valence-corrected chi connectivity index (χ4v) is 5.33. The number of nitrogens with one attached hydrogen (secondary N) is 3. The van der Waals surface area contributed by atoms with E-state index >= 15 is 0 Å². The Kier molecular flexibility index (Phi) is 11.5. The van der Waals surface area contributed by atoms with E-state index in [0.717, 1.165) is 11.8 Å². The van der Waals surface area contributed by atoms with Crippen molar-refractivity contribution >= 4 is 58.5 Å². The van der Waals surface area contributed by atoms with Gasteiger partial charge in [0.05, 0.1) is 5.25 Å². The Bertz CT molecular complexity index is 1840. The maximum absolute atomic E-state index is 14.4. The van der Waals surface area contributed by atoms with Gasteiger partial charge in [0.25, 0.3) is 11.8 Å². The van der Waals surface area contributed by atoms with Gasteiger partial charge < -0.3 is 16.0 Å². The molecule has 4 aromatic carbocycles. The summed E-state index contributed by atoms with van der Waals surface area (Å²) in [5.41, 5.74) is -3.56. The van der Waals surface area contributed by atoms with Crippen LogP contribution in [-0.4, -0.2) is 23.0 Å². The lowest BCUT2D eigenvalue weighted by Crippen LogP contribution is -2.30. The minimum absolute atomic E-state index is 0.00141. The first-order chi connectivity index (χ1) is 22.7. The van der Waals surface area contributed by atoms with E-state index in [4.69, 9.17) is 11.6 Å². The van der Waals surface area contributed by atoms with Crippen LogP contribution < -0.4 is 16.0 Å². The van der Waals surface area contributed by atoms with Crippen LogP contribution in [0.2, 0.25) is 5.02 Å². The number of hydrogen-bond donors (Lipinski definition) is 3. The van der Waals surface area contributed by atoms with E-state index in [1.165, 1.54) is 37.3 Å². The summed E-state index contributed by atoms with van der Waals surface area (Å²) in [5, 5.41) is 6.16. The van der Waals surface area contributed by atoms with Crippen molar-refractivity contribution in [2.45, 2.75) is 29.7 Å². The van der Waals surface area contributed by atoms with Crippen LogP contribution >= 0.6 is 23.4 Å². The van der Waals surface area contributed by atoms with Crippen molar-refractivity contribution in [3.8, 4) is 0 Å². The van der Waals surface area contributed by atoms with E-state index < -0.39 is 63.7 Å². The van der Waals surface area contributed by atoms with Gasteiger partial charge in [0.2, 0.25) is 5.91 Å². The zero-order chi connectivity index (χ0) is 35.2. The smallest absolute Gasteiger partial charge is 0.321 e. The molecule has 1 atom stereocenters. The lowest BCUT2D eigenvalue weighted by molar-refractivity contribution is -0.143. The second-order valence-electron chi connectivity index (χ2n) is 9.92. The molecular weight excluding hydrogens is 687 g/mol. The van der Waals surface area contributed by atoms with Crippen LogP contribution in [0.3, 0.4) is 0 Å². The number of benzene rings is 4. The molecule has 1 unspecified atom stereocenters. The van der Waals surface area contributed by atoms with Crippen LogP contribution in [0.1, 0.15) is 34.8 Å². The van der Waals surface area contributed by atoms with Crippen molar-refractivity contribution in [3.63, 3.8) is 0 Å². The van der Waals surface area contributed by atoms with Gasteiger partial charge in [-0.15, -0.1) is 11.8 Å². The van der Waals surface area contributed by atoms with Crippen molar-refractivity contribution < 1.29 is 45.1 Å². The number of thioether (sulfide) groups is 1. The van der Waals surface area contributed by atoms with Crippen LogP contribution in [0.25, 0.3) is 6.08 Å². The van der Waals surface area contributed by atoms with Crippen LogP contribution in [0.4, 0.5) is 42.1 Å². The molecule has 0 aliphatic rings. The molecule has 0 bridgehead atoms. The lowest BCUT2D eigenvalue weighted by Gasteiger charge is -2.18. The molecule has 3 N–H and O–H groups in total. The molecule has 0 aromatic heterocycles. The minimum atomic E-state index is -5.74. The third kappa shape index (κ3) is 8.75. The second kappa shape index (κ2) is 15.4. The standard InChI is InChI=1S/C33H23ClF7N3O3S/c1-2-23(32(47)44-29-27(37)25(35)24(33(39,40)41)26(36)28(29)38)48-21-10-6-9-20(16-21)42-31(46)22(15-17-11-13-19(34)14-12-17)43-30(45)18-7-4-3-5-8-18/h3-16,23H,2H2,1H3,(H,42,46)(H,43,45)(H,44,47)/b22-15+. The molecule has 48 heavy (non-hydrogen) atoms. The molecule has 4 aromatic rings. The van der Waals surface area contributed by atoms with Gasteiger partial charge in [0.15, 0.2) is 23.3 Å². The van der Waals surface area contributed by atoms with Crippen LogP contribution in [-0.2, 0) is 15.8 Å². The van der Waals surface area contributed by atoms with Gasteiger partial charge in [0, 0.05) is 21.2 Å². The van der Waals surface area contributed by atoms with E-state index in [1.54, 1.807) is 59.9 Å². The van der Waals surface area contributed by atoms with Gasteiger partial charge in [-0.05, 0) is 60.5 Å². The second-order valence-corrected chi connectivity index (χ2v) is 11.6. The van der Waals surface area contributed by atoms with E-state index in [0.29, 0.717) is 15.5 Å². The number of carbonyl (C=O) groups is 3. The molecule has 0 heterocycles. The zero-order valence-electron chi connectivity index (χ0n) is 24.5. The first-order valence-electron chi connectivity index (χ1n) is 13.8. The van der Waals surface area contributed by atoms with Crippen molar-refractivity contribution in [1.82, 2.24) is 5.32 Å². The Morgan fingerprint density at radius 2 is 1.46 bits per heavy atom. The van der Waals surface area contributed by atoms with E-state index in [9.17, 15) is 45.1 Å². The van der Waals surface area contributed by atoms with Gasteiger partial charge in [-0.1, -0.05) is 54.9 Å². The Hall–Kier alpha value is -4.82. The fourth-order valence-electron chi connectivity index (χ4n) is 4.19. The summed E-state index contributed by atoms with van der Waals surface area (Å²) in [6.45, 7) is 1.51. The highest BCUT2D eigenvalue weighted by Gasteiger charge is 2.42. The Balaban J connectivity index is 1.53. The molecule has 0 spiro atoms. The number of hydrogen-bond acceptors (Lipinski definition) is 4. The summed E-state index contributed by atoms with van der Waals surface area (Å²) >= 11 is 6.79. The number of halogens is 8. The third-order valence-corrected chi connectivity index (χ3v) is 8.15. The summed E-state index contributed by atoms with van der Waals surface area (Å²) < 4.78 is 95.6. The molecule has 0 aliphatic carbocycles. The number of amides is 3. The molecule has 4 rings (SSSR count). The van der Waals surface area contributed by atoms with Crippen molar-refractivity contribution in [2.24, 2.45) is 0 Å². The maximum atomic E-state index is 14.4. The quantitative estimate of drug-likeness (QED) is 0.0665. The van der Waals surface area contributed by atoms with E-state index in [1.807, 2.05) is 0 Å². The fraction of sp³-hybridized carbons (Fsp3) is 0.121. The zero-order valence-corrected chi connectivity index (χ0v) is 26.1. The third-order valence-electron chi connectivity index (χ3n) is 6.54. The highest BCUT2D eigenvalue weighted by atomic mass is 35.5. The number of alkyl halides is 3. The van der Waals surface area contributed by atoms with Crippen molar-refractivity contribution in [2.75, 3.05) is 10.6 Å². The Morgan fingerprint density at radius 1 is 0.833 bits per heavy atom. The van der Waals surface area contributed by atoms with E-state index in [-0.39, 0.29) is 23.4 Å². The van der Waals surface area contributed by atoms with Gasteiger partial charge in [-0.3, -0.25) is 14.4 Å². The van der Waals surface area contributed by atoms with Gasteiger partial charge in [-0.25, -0.2) is 17.6 Å². The predicted molar refractivity (Wildman–Crippen MR) is 168 cm³/mol. The Labute approximate surface area is 278 Å². The molecule has 0 radical (unpaired) electrons. The topological polar surface area (TPSA) is 87.3 Å². The van der Waals surface area contributed by atoms with Crippen LogP contribution in [0, 0.1) is 23.3 Å². The van der Waals surface area contributed by atoms with Crippen molar-refractivity contribution in [1.29, 1.82) is 0 Å². The molecule has 15 heteroatoms. The monoisotopic (exact) mass is 709 g/mol. The molecule has 250 valence electrons. The molecular formula is C33H23ClF7N3O3S. The molecule has 0 aliphatic heterocycles. The molecule has 6 nitrogen and oxygen atoms in total.